The molecule has 1 N–H and O–H groups in total. The highest BCUT2D eigenvalue weighted by atomic mass is 35.5. The topological polar surface area (TPSA) is 58.4 Å². The van der Waals surface area contributed by atoms with Crippen molar-refractivity contribution in [2.24, 2.45) is 5.92 Å². The van der Waals surface area contributed by atoms with Gasteiger partial charge in [0.1, 0.15) is 0 Å². The van der Waals surface area contributed by atoms with Crippen LogP contribution in [-0.2, 0) is 0 Å². The van der Waals surface area contributed by atoms with E-state index >= 15 is 0 Å². The van der Waals surface area contributed by atoms with E-state index in [1.54, 1.807) is 12.1 Å². The van der Waals surface area contributed by atoms with Crippen LogP contribution in [0.15, 0.2) is 24.3 Å². The van der Waals surface area contributed by atoms with Crippen LogP contribution in [0.5, 0.6) is 0 Å². The van der Waals surface area contributed by atoms with Gasteiger partial charge in [-0.2, -0.15) is 0 Å². The number of benzene rings is 1. The maximum absolute atomic E-state index is 10.7. The number of hydrogen-bond donors (Lipinski definition) is 1. The summed E-state index contributed by atoms with van der Waals surface area (Å²) in [4.78, 5) is 12.9. The Morgan fingerprint density at radius 2 is 1.73 bits per heavy atom. The summed E-state index contributed by atoms with van der Waals surface area (Å²) in [6.45, 7) is 8.55. The zero-order chi connectivity index (χ0) is 14.5. The molecule has 0 aliphatic carbocycles. The van der Waals surface area contributed by atoms with Gasteiger partial charge in [0.15, 0.2) is 0 Å². The van der Waals surface area contributed by atoms with Gasteiger partial charge in [0, 0.05) is 44.4 Å². The third kappa shape index (κ3) is 5.72. The number of nitrogens with one attached hydrogen (secondary N) is 1. The molecule has 2 rings (SSSR count). The third-order valence-electron chi connectivity index (χ3n) is 3.78. The van der Waals surface area contributed by atoms with Gasteiger partial charge in [0.2, 0.25) is 0 Å². The van der Waals surface area contributed by atoms with E-state index in [2.05, 4.69) is 24.1 Å². The summed E-state index contributed by atoms with van der Waals surface area (Å²) in [5.41, 5.74) is 1.35. The quantitative estimate of drug-likeness (QED) is 0.653. The summed E-state index contributed by atoms with van der Waals surface area (Å²) in [6.07, 6.45) is 1.08. The second-order valence-electron chi connectivity index (χ2n) is 5.78. The number of halogens is 2. The molecular formula is C15H25Cl2N3O2. The van der Waals surface area contributed by atoms with E-state index in [4.69, 9.17) is 0 Å². The smallest absolute Gasteiger partial charge is 0.269 e. The van der Waals surface area contributed by atoms with Crippen molar-refractivity contribution in [1.29, 1.82) is 0 Å². The van der Waals surface area contributed by atoms with Gasteiger partial charge in [-0.05, 0) is 17.9 Å². The minimum atomic E-state index is -0.341. The van der Waals surface area contributed by atoms with Crippen LogP contribution in [0.25, 0.3) is 0 Å². The Labute approximate surface area is 144 Å². The van der Waals surface area contributed by atoms with Gasteiger partial charge in [0.25, 0.3) is 5.69 Å². The Hall–Kier alpha value is -0.880. The van der Waals surface area contributed by atoms with Crippen LogP contribution in [0.1, 0.15) is 31.9 Å². The third-order valence-corrected chi connectivity index (χ3v) is 3.78. The van der Waals surface area contributed by atoms with Crippen molar-refractivity contribution in [2.45, 2.75) is 26.3 Å². The minimum Gasteiger partial charge on any atom is -0.314 e. The maximum Gasteiger partial charge on any atom is 0.269 e. The van der Waals surface area contributed by atoms with E-state index in [0.717, 1.165) is 32.6 Å². The molecule has 1 aromatic rings. The molecule has 1 aliphatic heterocycles. The van der Waals surface area contributed by atoms with Gasteiger partial charge in [-0.15, -0.1) is 24.8 Å². The average molecular weight is 350 g/mol. The van der Waals surface area contributed by atoms with Gasteiger partial charge in [-0.25, -0.2) is 0 Å². The van der Waals surface area contributed by atoms with Crippen LogP contribution in [0.3, 0.4) is 0 Å². The lowest BCUT2D eigenvalue weighted by atomic mass is 9.95. The first kappa shape index (κ1) is 21.1. The predicted molar refractivity (Wildman–Crippen MR) is 94.2 cm³/mol. The molecule has 1 aliphatic rings. The highest BCUT2D eigenvalue weighted by Gasteiger charge is 2.23. The fraction of sp³-hybridized carbons (Fsp3) is 0.600. The molecule has 0 amide bonds. The van der Waals surface area contributed by atoms with Gasteiger partial charge in [-0.1, -0.05) is 26.0 Å². The van der Waals surface area contributed by atoms with Crippen molar-refractivity contribution in [1.82, 2.24) is 10.2 Å². The number of non-ortho nitro benzene ring substituents is 1. The van der Waals surface area contributed by atoms with E-state index in [0.29, 0.717) is 12.0 Å². The summed E-state index contributed by atoms with van der Waals surface area (Å²) in [6, 6.07) is 7.41. The summed E-state index contributed by atoms with van der Waals surface area (Å²) in [5, 5.41) is 14.1. The normalized spacial score (nSPS) is 16.5. The number of rotatable bonds is 5. The second-order valence-corrected chi connectivity index (χ2v) is 5.78. The number of nitro benzene ring substituents is 1. The average Bonchev–Trinajstić information content (AvgIpc) is 2.45. The van der Waals surface area contributed by atoms with E-state index in [1.807, 2.05) is 12.1 Å². The first-order valence-electron chi connectivity index (χ1n) is 7.27. The Balaban J connectivity index is 0.00000220. The molecule has 0 radical (unpaired) electrons. The molecule has 22 heavy (non-hydrogen) atoms. The van der Waals surface area contributed by atoms with Crippen LogP contribution in [0.2, 0.25) is 0 Å². The zero-order valence-corrected chi connectivity index (χ0v) is 14.7. The van der Waals surface area contributed by atoms with E-state index < -0.39 is 0 Å². The summed E-state index contributed by atoms with van der Waals surface area (Å²) in [5.74, 6) is 0.602. The molecule has 126 valence electrons. The lowest BCUT2D eigenvalue weighted by Gasteiger charge is -2.36. The fourth-order valence-corrected chi connectivity index (χ4v) is 2.75. The number of nitrogens with zero attached hydrogens (tertiary/aromatic N) is 2. The molecule has 1 heterocycles. The largest absolute Gasteiger partial charge is 0.314 e. The highest BCUT2D eigenvalue weighted by Crippen LogP contribution is 2.29. The molecule has 1 saturated heterocycles. The Morgan fingerprint density at radius 3 is 2.18 bits per heavy atom. The van der Waals surface area contributed by atoms with E-state index in [9.17, 15) is 10.1 Å². The zero-order valence-electron chi connectivity index (χ0n) is 13.0. The highest BCUT2D eigenvalue weighted by molar-refractivity contribution is 5.85. The van der Waals surface area contributed by atoms with Crippen molar-refractivity contribution >= 4 is 30.5 Å². The lowest BCUT2D eigenvalue weighted by Crippen LogP contribution is -2.45. The van der Waals surface area contributed by atoms with Gasteiger partial charge < -0.3 is 5.32 Å². The molecule has 1 aromatic carbocycles. The van der Waals surface area contributed by atoms with Crippen LogP contribution in [0.4, 0.5) is 5.69 Å². The lowest BCUT2D eigenvalue weighted by molar-refractivity contribution is -0.384. The SMILES string of the molecule is CC(C)C[C@@H](c1ccc([N+](=O)[O-])cc1)N1CCNCC1.Cl.Cl. The summed E-state index contributed by atoms with van der Waals surface area (Å²) >= 11 is 0. The van der Waals surface area contributed by atoms with Crippen LogP contribution >= 0.6 is 24.8 Å². The second kappa shape index (κ2) is 10.0. The molecule has 0 spiro atoms. The van der Waals surface area contributed by atoms with E-state index in [-0.39, 0.29) is 35.4 Å². The standard InChI is InChI=1S/C15H23N3O2.2ClH/c1-12(2)11-15(17-9-7-16-8-10-17)13-3-5-14(6-4-13)18(19)20;;/h3-6,12,15-16H,7-11H2,1-2H3;2*1H/t15-;;/m0../s1. The van der Waals surface area contributed by atoms with E-state index in [1.165, 1.54) is 5.56 Å². The monoisotopic (exact) mass is 349 g/mol. The van der Waals surface area contributed by atoms with Gasteiger partial charge >= 0.3 is 0 Å². The Kier molecular flexibility index (Phi) is 9.60. The molecular weight excluding hydrogens is 325 g/mol. The van der Waals surface area contributed by atoms with Crippen molar-refractivity contribution in [3.63, 3.8) is 0 Å². The molecule has 0 aromatic heterocycles. The minimum absolute atomic E-state index is 0. The number of nitro groups is 1. The van der Waals surface area contributed by atoms with Crippen LogP contribution in [0, 0.1) is 16.0 Å². The molecule has 1 atom stereocenters. The Morgan fingerprint density at radius 1 is 1.18 bits per heavy atom. The maximum atomic E-state index is 10.7. The van der Waals surface area contributed by atoms with Gasteiger partial charge in [0.05, 0.1) is 4.92 Å². The van der Waals surface area contributed by atoms with Crippen LogP contribution < -0.4 is 5.32 Å². The Bertz CT molecular complexity index is 449. The van der Waals surface area contributed by atoms with Crippen molar-refractivity contribution in [3.05, 3.63) is 39.9 Å². The predicted octanol–water partition coefficient (Wildman–Crippen LogP) is 3.43. The number of hydrogen-bond acceptors (Lipinski definition) is 4. The first-order chi connectivity index (χ1) is 9.58. The van der Waals surface area contributed by atoms with Crippen molar-refractivity contribution in [2.75, 3.05) is 26.2 Å². The van der Waals surface area contributed by atoms with Crippen molar-refractivity contribution in [3.8, 4) is 0 Å². The molecule has 7 heteroatoms. The van der Waals surface area contributed by atoms with Crippen LogP contribution in [-0.4, -0.2) is 36.0 Å². The fourth-order valence-electron chi connectivity index (χ4n) is 2.75. The molecule has 0 bridgehead atoms. The van der Waals surface area contributed by atoms with Gasteiger partial charge in [-0.3, -0.25) is 15.0 Å². The molecule has 5 nitrogen and oxygen atoms in total. The summed E-state index contributed by atoms with van der Waals surface area (Å²) in [7, 11) is 0. The molecule has 1 fully saturated rings. The molecule has 0 saturated carbocycles. The summed E-state index contributed by atoms with van der Waals surface area (Å²) < 4.78 is 0. The number of piperazine rings is 1. The molecule has 0 unspecified atom stereocenters. The van der Waals surface area contributed by atoms with Crippen molar-refractivity contribution < 1.29 is 4.92 Å². The first-order valence-corrected chi connectivity index (χ1v) is 7.27.